The second kappa shape index (κ2) is 6.95. The number of nitrogens with one attached hydrogen (secondary N) is 1. The minimum absolute atomic E-state index is 0.404. The molecule has 0 saturated heterocycles. The topological polar surface area (TPSA) is 29.9 Å². The van der Waals surface area contributed by atoms with E-state index in [-0.39, 0.29) is 0 Å². The number of rotatable bonds is 5. The highest BCUT2D eigenvalue weighted by Gasteiger charge is 2.36. The summed E-state index contributed by atoms with van der Waals surface area (Å²) in [4.78, 5) is 4.60. The molecule has 1 aliphatic rings. The van der Waals surface area contributed by atoms with Crippen molar-refractivity contribution in [3.63, 3.8) is 0 Å². The molecule has 1 fully saturated rings. The SMILES string of the molecule is CCCc1nccn1C1CC(C(C)(C)C)CCC1NCC. The van der Waals surface area contributed by atoms with Gasteiger partial charge in [0.25, 0.3) is 0 Å². The van der Waals surface area contributed by atoms with Crippen LogP contribution in [0.3, 0.4) is 0 Å². The maximum Gasteiger partial charge on any atom is 0.108 e. The Kier molecular flexibility index (Phi) is 5.48. The molecular weight excluding hydrogens is 258 g/mol. The fourth-order valence-corrected chi connectivity index (χ4v) is 3.80. The third-order valence-electron chi connectivity index (χ3n) is 5.09. The number of imidazole rings is 1. The van der Waals surface area contributed by atoms with Gasteiger partial charge in [-0.15, -0.1) is 0 Å². The summed E-state index contributed by atoms with van der Waals surface area (Å²) < 4.78 is 2.47. The summed E-state index contributed by atoms with van der Waals surface area (Å²) in [6, 6.07) is 1.16. The van der Waals surface area contributed by atoms with Crippen molar-refractivity contribution in [3.8, 4) is 0 Å². The zero-order valence-electron chi connectivity index (χ0n) is 14.5. The Hall–Kier alpha value is -0.830. The van der Waals surface area contributed by atoms with Gasteiger partial charge in [0.05, 0.1) is 6.04 Å². The van der Waals surface area contributed by atoms with E-state index < -0.39 is 0 Å². The van der Waals surface area contributed by atoms with E-state index in [1.807, 2.05) is 6.20 Å². The van der Waals surface area contributed by atoms with Gasteiger partial charge < -0.3 is 9.88 Å². The van der Waals surface area contributed by atoms with Crippen LogP contribution in [-0.2, 0) is 6.42 Å². The van der Waals surface area contributed by atoms with Crippen LogP contribution in [-0.4, -0.2) is 22.1 Å². The molecule has 120 valence electrons. The van der Waals surface area contributed by atoms with Crippen molar-refractivity contribution in [1.29, 1.82) is 0 Å². The van der Waals surface area contributed by atoms with E-state index in [0.29, 0.717) is 17.5 Å². The number of aromatic nitrogens is 2. The summed E-state index contributed by atoms with van der Waals surface area (Å²) in [5, 5.41) is 3.72. The number of aryl methyl sites for hydroxylation is 1. The minimum Gasteiger partial charge on any atom is -0.330 e. The van der Waals surface area contributed by atoms with Crippen LogP contribution in [0.4, 0.5) is 0 Å². The second-order valence-electron chi connectivity index (χ2n) is 7.61. The van der Waals surface area contributed by atoms with E-state index in [4.69, 9.17) is 0 Å². The van der Waals surface area contributed by atoms with Gasteiger partial charge in [-0.25, -0.2) is 4.98 Å². The van der Waals surface area contributed by atoms with E-state index in [0.717, 1.165) is 25.3 Å². The first kappa shape index (κ1) is 16.5. The third-order valence-corrected chi connectivity index (χ3v) is 5.09. The molecule has 0 aromatic carbocycles. The Balaban J connectivity index is 2.23. The van der Waals surface area contributed by atoms with Gasteiger partial charge in [0, 0.05) is 24.9 Å². The highest BCUT2D eigenvalue weighted by molar-refractivity contribution is 5.01. The van der Waals surface area contributed by atoms with Crippen LogP contribution >= 0.6 is 0 Å². The maximum absolute atomic E-state index is 4.60. The molecule has 3 nitrogen and oxygen atoms in total. The highest BCUT2D eigenvalue weighted by atomic mass is 15.1. The van der Waals surface area contributed by atoms with Crippen LogP contribution in [0.1, 0.15) is 72.2 Å². The predicted octanol–water partition coefficient (Wildman–Crippen LogP) is 4.20. The molecule has 3 heteroatoms. The molecule has 1 aromatic rings. The molecule has 0 bridgehead atoms. The molecule has 21 heavy (non-hydrogen) atoms. The van der Waals surface area contributed by atoms with Crippen molar-refractivity contribution in [2.24, 2.45) is 11.3 Å². The molecule has 1 saturated carbocycles. The average Bonchev–Trinajstić information content (AvgIpc) is 2.87. The molecule has 0 spiro atoms. The lowest BCUT2D eigenvalue weighted by Crippen LogP contribution is -2.44. The fourth-order valence-electron chi connectivity index (χ4n) is 3.80. The van der Waals surface area contributed by atoms with Gasteiger partial charge >= 0.3 is 0 Å². The highest BCUT2D eigenvalue weighted by Crippen LogP contribution is 2.42. The largest absolute Gasteiger partial charge is 0.330 e. The molecular formula is C18H33N3. The minimum atomic E-state index is 0.404. The maximum atomic E-state index is 4.60. The van der Waals surface area contributed by atoms with Crippen LogP contribution in [0.2, 0.25) is 0 Å². The zero-order valence-corrected chi connectivity index (χ0v) is 14.5. The van der Waals surface area contributed by atoms with Crippen LogP contribution in [0.15, 0.2) is 12.4 Å². The fraction of sp³-hybridized carbons (Fsp3) is 0.833. The summed E-state index contributed by atoms with van der Waals surface area (Å²) in [5.74, 6) is 2.06. The van der Waals surface area contributed by atoms with Crippen molar-refractivity contribution >= 4 is 0 Å². The number of hydrogen-bond acceptors (Lipinski definition) is 2. The van der Waals surface area contributed by atoms with Gasteiger partial charge in [0.1, 0.15) is 5.82 Å². The van der Waals surface area contributed by atoms with Gasteiger partial charge in [-0.2, -0.15) is 0 Å². The molecule has 3 atom stereocenters. The van der Waals surface area contributed by atoms with E-state index in [1.165, 1.54) is 25.1 Å². The van der Waals surface area contributed by atoms with Crippen LogP contribution < -0.4 is 5.32 Å². The molecule has 0 radical (unpaired) electrons. The van der Waals surface area contributed by atoms with Crippen LogP contribution in [0, 0.1) is 11.3 Å². The van der Waals surface area contributed by atoms with Gasteiger partial charge in [0.15, 0.2) is 0 Å². The molecule has 3 unspecified atom stereocenters. The van der Waals surface area contributed by atoms with Crippen LogP contribution in [0.5, 0.6) is 0 Å². The van der Waals surface area contributed by atoms with Crippen molar-refractivity contribution in [2.75, 3.05) is 6.54 Å². The quantitative estimate of drug-likeness (QED) is 0.881. The Bertz CT molecular complexity index is 430. The molecule has 2 rings (SSSR count). The van der Waals surface area contributed by atoms with E-state index in [9.17, 15) is 0 Å². The van der Waals surface area contributed by atoms with Crippen molar-refractivity contribution in [2.45, 2.75) is 78.8 Å². The number of nitrogens with zero attached hydrogens (tertiary/aromatic N) is 2. The first-order valence-electron chi connectivity index (χ1n) is 8.72. The van der Waals surface area contributed by atoms with Crippen molar-refractivity contribution in [3.05, 3.63) is 18.2 Å². The Labute approximate surface area is 130 Å². The standard InChI is InChI=1S/C18H33N3/c1-6-8-17-20-11-12-21(17)16-13-14(18(3,4)5)9-10-15(16)19-7-2/h11-12,14-16,19H,6-10,13H2,1-5H3. The average molecular weight is 291 g/mol. The lowest BCUT2D eigenvalue weighted by atomic mass is 9.69. The number of hydrogen-bond donors (Lipinski definition) is 1. The first-order valence-corrected chi connectivity index (χ1v) is 8.72. The molecule has 0 amide bonds. The Morgan fingerprint density at radius 2 is 2.05 bits per heavy atom. The summed E-state index contributed by atoms with van der Waals surface area (Å²) in [6.07, 6.45) is 10.3. The lowest BCUT2D eigenvalue weighted by molar-refractivity contribution is 0.117. The molecule has 0 aliphatic heterocycles. The van der Waals surface area contributed by atoms with Gasteiger partial charge in [0.2, 0.25) is 0 Å². The molecule has 1 N–H and O–H groups in total. The van der Waals surface area contributed by atoms with E-state index in [1.54, 1.807) is 0 Å². The third kappa shape index (κ3) is 3.88. The molecule has 1 aromatic heterocycles. The van der Waals surface area contributed by atoms with Crippen molar-refractivity contribution in [1.82, 2.24) is 14.9 Å². The van der Waals surface area contributed by atoms with Crippen molar-refractivity contribution < 1.29 is 0 Å². The monoisotopic (exact) mass is 291 g/mol. The summed E-state index contributed by atoms with van der Waals surface area (Å²) in [6.45, 7) is 12.7. The molecule has 1 heterocycles. The Morgan fingerprint density at radius 1 is 1.29 bits per heavy atom. The van der Waals surface area contributed by atoms with E-state index in [2.05, 4.69) is 55.7 Å². The second-order valence-corrected chi connectivity index (χ2v) is 7.61. The lowest BCUT2D eigenvalue weighted by Gasteiger charge is -2.43. The van der Waals surface area contributed by atoms with Gasteiger partial charge in [-0.1, -0.05) is 34.6 Å². The first-order chi connectivity index (χ1) is 9.97. The van der Waals surface area contributed by atoms with E-state index >= 15 is 0 Å². The summed E-state index contributed by atoms with van der Waals surface area (Å²) in [7, 11) is 0. The van der Waals surface area contributed by atoms with Gasteiger partial charge in [-0.3, -0.25) is 0 Å². The summed E-state index contributed by atoms with van der Waals surface area (Å²) in [5.41, 5.74) is 0.404. The van der Waals surface area contributed by atoms with Gasteiger partial charge in [-0.05, 0) is 43.6 Å². The predicted molar refractivity (Wildman–Crippen MR) is 89.5 cm³/mol. The number of likely N-dealkylation sites (N-methyl/N-ethyl adjacent to an activating group) is 1. The summed E-state index contributed by atoms with van der Waals surface area (Å²) >= 11 is 0. The Morgan fingerprint density at radius 3 is 2.67 bits per heavy atom. The van der Waals surface area contributed by atoms with Crippen LogP contribution in [0.25, 0.3) is 0 Å². The normalized spacial score (nSPS) is 27.0. The molecule has 1 aliphatic carbocycles. The zero-order chi connectivity index (χ0) is 15.5. The smallest absolute Gasteiger partial charge is 0.108 e.